The van der Waals surface area contributed by atoms with Gasteiger partial charge >= 0.3 is 0 Å². The Morgan fingerprint density at radius 1 is 1.27 bits per heavy atom. The fourth-order valence-corrected chi connectivity index (χ4v) is 2.47. The zero-order valence-corrected chi connectivity index (χ0v) is 9.13. The van der Waals surface area contributed by atoms with Gasteiger partial charge in [-0.3, -0.25) is 0 Å². The van der Waals surface area contributed by atoms with Gasteiger partial charge in [-0.15, -0.1) is 12.3 Å². The van der Waals surface area contributed by atoms with Crippen LogP contribution in [0.25, 0.3) is 0 Å². The van der Waals surface area contributed by atoms with Crippen LogP contribution < -0.4 is 5.73 Å². The maximum absolute atomic E-state index is 11.7. The summed E-state index contributed by atoms with van der Waals surface area (Å²) in [7, 11) is -3.20. The largest absolute Gasteiger partial charge is 0.399 e. The van der Waals surface area contributed by atoms with Crippen molar-refractivity contribution in [2.75, 3.05) is 11.5 Å². The first-order chi connectivity index (χ1) is 7.06. The minimum atomic E-state index is -3.20. The fraction of sp³-hybridized carbons (Fsp3) is 0.273. The second kappa shape index (κ2) is 4.85. The summed E-state index contributed by atoms with van der Waals surface area (Å²) in [6.45, 7) is 0. The first-order valence-electron chi connectivity index (χ1n) is 4.58. The minimum Gasteiger partial charge on any atom is -0.399 e. The Morgan fingerprint density at radius 3 is 2.40 bits per heavy atom. The molecule has 3 nitrogen and oxygen atoms in total. The Kier molecular flexibility index (Phi) is 3.75. The smallest absolute Gasteiger partial charge is 0.178 e. The molecule has 0 heterocycles. The molecule has 0 radical (unpaired) electrons. The number of nitrogen functional groups attached to an aromatic ring is 1. The molecule has 0 bridgehead atoms. The predicted molar refractivity (Wildman–Crippen MR) is 61.0 cm³/mol. The third kappa shape index (κ3) is 3.30. The molecule has 2 N–H and O–H groups in total. The van der Waals surface area contributed by atoms with Gasteiger partial charge in [-0.2, -0.15) is 0 Å². The van der Waals surface area contributed by atoms with E-state index in [2.05, 4.69) is 5.92 Å². The van der Waals surface area contributed by atoms with Gasteiger partial charge in [-0.05, 0) is 30.7 Å². The highest BCUT2D eigenvalue weighted by Crippen LogP contribution is 2.14. The van der Waals surface area contributed by atoms with E-state index in [9.17, 15) is 8.42 Å². The molecule has 1 aromatic rings. The van der Waals surface area contributed by atoms with Crippen LogP contribution in [-0.4, -0.2) is 14.2 Å². The molecule has 15 heavy (non-hydrogen) atoms. The third-order valence-corrected chi connectivity index (χ3v) is 3.79. The first kappa shape index (κ1) is 11.6. The van der Waals surface area contributed by atoms with Crippen LogP contribution >= 0.6 is 0 Å². The van der Waals surface area contributed by atoms with Gasteiger partial charge in [0.25, 0.3) is 0 Å². The van der Waals surface area contributed by atoms with Gasteiger partial charge in [-0.25, -0.2) is 8.42 Å². The molecule has 1 aromatic carbocycles. The number of terminal acetylenes is 1. The normalized spacial score (nSPS) is 10.9. The average Bonchev–Trinajstić information content (AvgIpc) is 2.18. The summed E-state index contributed by atoms with van der Waals surface area (Å²) < 4.78 is 23.4. The van der Waals surface area contributed by atoms with E-state index in [-0.39, 0.29) is 5.75 Å². The summed E-state index contributed by atoms with van der Waals surface area (Å²) in [6.07, 6.45) is 6.02. The van der Waals surface area contributed by atoms with Crippen LogP contribution in [0.1, 0.15) is 12.8 Å². The molecule has 80 valence electrons. The zero-order chi connectivity index (χ0) is 11.3. The van der Waals surface area contributed by atoms with E-state index in [1.165, 1.54) is 12.1 Å². The minimum absolute atomic E-state index is 0.0844. The lowest BCUT2D eigenvalue weighted by molar-refractivity contribution is 0.594. The van der Waals surface area contributed by atoms with Crippen molar-refractivity contribution in [2.24, 2.45) is 0 Å². The predicted octanol–water partition coefficient (Wildman–Crippen LogP) is 1.46. The molecule has 0 fully saturated rings. The highest BCUT2D eigenvalue weighted by molar-refractivity contribution is 7.91. The standard InChI is InChI=1S/C11H13NO2S/c1-2-3-4-9-15(13,14)11-7-5-10(12)6-8-11/h1,5-8H,3-4,9,12H2. The van der Waals surface area contributed by atoms with Crippen LogP contribution in [-0.2, 0) is 9.84 Å². The van der Waals surface area contributed by atoms with Crippen LogP contribution in [0.2, 0.25) is 0 Å². The zero-order valence-electron chi connectivity index (χ0n) is 8.31. The molecule has 0 aliphatic rings. The van der Waals surface area contributed by atoms with Crippen LogP contribution in [0.3, 0.4) is 0 Å². The van der Waals surface area contributed by atoms with E-state index in [4.69, 9.17) is 12.2 Å². The van der Waals surface area contributed by atoms with Crippen LogP contribution in [0.4, 0.5) is 5.69 Å². The summed E-state index contributed by atoms with van der Waals surface area (Å²) in [5, 5.41) is 0. The molecular formula is C11H13NO2S. The van der Waals surface area contributed by atoms with Crippen molar-refractivity contribution in [2.45, 2.75) is 17.7 Å². The molecule has 4 heteroatoms. The monoisotopic (exact) mass is 223 g/mol. The number of hydrogen-bond acceptors (Lipinski definition) is 3. The second-order valence-corrected chi connectivity index (χ2v) is 5.30. The van der Waals surface area contributed by atoms with E-state index in [1.807, 2.05) is 0 Å². The number of unbranched alkanes of at least 4 members (excludes halogenated alkanes) is 1. The molecular weight excluding hydrogens is 210 g/mol. The fourth-order valence-electron chi connectivity index (χ4n) is 1.16. The lowest BCUT2D eigenvalue weighted by atomic mass is 10.3. The van der Waals surface area contributed by atoms with Gasteiger partial charge in [0.05, 0.1) is 10.6 Å². The summed E-state index contributed by atoms with van der Waals surface area (Å²) in [5.41, 5.74) is 6.02. The summed E-state index contributed by atoms with van der Waals surface area (Å²) in [6, 6.07) is 6.18. The van der Waals surface area contributed by atoms with E-state index in [0.717, 1.165) is 0 Å². The first-order valence-corrected chi connectivity index (χ1v) is 6.23. The van der Waals surface area contributed by atoms with Gasteiger partial charge in [0.15, 0.2) is 9.84 Å². The van der Waals surface area contributed by atoms with Gasteiger partial charge in [0.2, 0.25) is 0 Å². The maximum Gasteiger partial charge on any atom is 0.178 e. The summed E-state index contributed by atoms with van der Waals surface area (Å²) >= 11 is 0. The van der Waals surface area contributed by atoms with Gasteiger partial charge in [0.1, 0.15) is 0 Å². The van der Waals surface area contributed by atoms with Gasteiger partial charge in [-0.1, -0.05) is 0 Å². The molecule has 0 aliphatic heterocycles. The Labute approximate surface area is 90.2 Å². The summed E-state index contributed by atoms with van der Waals surface area (Å²) in [5.74, 6) is 2.50. The van der Waals surface area contributed by atoms with E-state index < -0.39 is 9.84 Å². The Bertz CT molecular complexity index is 454. The Morgan fingerprint density at radius 2 is 1.87 bits per heavy atom. The highest BCUT2D eigenvalue weighted by atomic mass is 32.2. The van der Waals surface area contributed by atoms with E-state index in [1.54, 1.807) is 12.1 Å². The average molecular weight is 223 g/mol. The number of sulfone groups is 1. The molecule has 0 saturated heterocycles. The van der Waals surface area contributed by atoms with Crippen LogP contribution in [0, 0.1) is 12.3 Å². The number of anilines is 1. The third-order valence-electron chi connectivity index (χ3n) is 1.97. The van der Waals surface area contributed by atoms with Gasteiger partial charge < -0.3 is 5.73 Å². The van der Waals surface area contributed by atoms with Crippen molar-refractivity contribution in [1.29, 1.82) is 0 Å². The van der Waals surface area contributed by atoms with Crippen molar-refractivity contribution in [1.82, 2.24) is 0 Å². The number of rotatable bonds is 4. The van der Waals surface area contributed by atoms with E-state index in [0.29, 0.717) is 23.4 Å². The molecule has 0 saturated carbocycles. The molecule has 0 atom stereocenters. The number of nitrogens with two attached hydrogens (primary N) is 1. The SMILES string of the molecule is C#CCCCS(=O)(=O)c1ccc(N)cc1. The number of hydrogen-bond donors (Lipinski definition) is 1. The summed E-state index contributed by atoms with van der Waals surface area (Å²) in [4.78, 5) is 0.300. The highest BCUT2D eigenvalue weighted by Gasteiger charge is 2.12. The van der Waals surface area contributed by atoms with Gasteiger partial charge in [0, 0.05) is 12.1 Å². The topological polar surface area (TPSA) is 60.2 Å². The van der Waals surface area contributed by atoms with Crippen molar-refractivity contribution >= 4 is 15.5 Å². The van der Waals surface area contributed by atoms with Crippen molar-refractivity contribution in [3.05, 3.63) is 24.3 Å². The van der Waals surface area contributed by atoms with Crippen molar-refractivity contribution < 1.29 is 8.42 Å². The molecule has 0 aliphatic carbocycles. The lowest BCUT2D eigenvalue weighted by Crippen LogP contribution is -2.06. The van der Waals surface area contributed by atoms with Crippen LogP contribution in [0.15, 0.2) is 29.2 Å². The van der Waals surface area contributed by atoms with Crippen LogP contribution in [0.5, 0.6) is 0 Å². The van der Waals surface area contributed by atoms with E-state index >= 15 is 0 Å². The van der Waals surface area contributed by atoms with Crippen molar-refractivity contribution in [3.8, 4) is 12.3 Å². The molecule has 0 amide bonds. The maximum atomic E-state index is 11.7. The Hall–Kier alpha value is -1.47. The molecule has 0 unspecified atom stereocenters. The molecule has 0 spiro atoms. The number of benzene rings is 1. The quantitative estimate of drug-likeness (QED) is 0.477. The second-order valence-electron chi connectivity index (χ2n) is 3.20. The molecule has 0 aromatic heterocycles. The van der Waals surface area contributed by atoms with Crippen molar-refractivity contribution in [3.63, 3.8) is 0 Å². The molecule has 1 rings (SSSR count). The lowest BCUT2D eigenvalue weighted by Gasteiger charge is -2.03. The Balaban J connectivity index is 2.79.